The molecule has 29 heavy (non-hydrogen) atoms. The van der Waals surface area contributed by atoms with Crippen molar-refractivity contribution in [3.8, 4) is 11.5 Å². The van der Waals surface area contributed by atoms with Crippen LogP contribution in [-0.2, 0) is 21.2 Å². The molecule has 156 valence electrons. The first-order valence-electron chi connectivity index (χ1n) is 9.45. The third-order valence-electron chi connectivity index (χ3n) is 4.89. The smallest absolute Gasteiger partial charge is 0.242 e. The molecule has 0 saturated carbocycles. The monoisotopic (exact) mass is 418 g/mol. The van der Waals surface area contributed by atoms with Crippen molar-refractivity contribution in [2.45, 2.75) is 24.2 Å². The lowest BCUT2D eigenvalue weighted by atomic mass is 10.2. The van der Waals surface area contributed by atoms with E-state index in [2.05, 4.69) is 0 Å². The number of anilines is 1. The molecular formula is C21H26N2O5S. The fourth-order valence-electron chi connectivity index (χ4n) is 3.23. The second-order valence-corrected chi connectivity index (χ2v) is 9.15. The first kappa shape index (κ1) is 21.1. The van der Waals surface area contributed by atoms with Crippen LogP contribution in [0, 0.1) is 0 Å². The molecule has 0 N–H and O–H groups in total. The molecule has 0 aromatic heterocycles. The van der Waals surface area contributed by atoms with Crippen molar-refractivity contribution in [2.24, 2.45) is 0 Å². The molecule has 0 saturated heterocycles. The highest BCUT2D eigenvalue weighted by atomic mass is 32.2. The molecule has 0 bridgehead atoms. The van der Waals surface area contributed by atoms with Crippen molar-refractivity contribution >= 4 is 21.6 Å². The Kier molecular flexibility index (Phi) is 6.44. The number of carbonyl (C=O) groups is 1. The summed E-state index contributed by atoms with van der Waals surface area (Å²) < 4.78 is 36.6. The molecule has 2 aromatic carbocycles. The van der Waals surface area contributed by atoms with Crippen LogP contribution < -0.4 is 14.4 Å². The number of sulfonamides is 1. The van der Waals surface area contributed by atoms with Gasteiger partial charge in [0, 0.05) is 32.7 Å². The van der Waals surface area contributed by atoms with Gasteiger partial charge in [0.2, 0.25) is 15.9 Å². The molecule has 0 radical (unpaired) electrons. The van der Waals surface area contributed by atoms with Gasteiger partial charge in [0.05, 0.1) is 18.6 Å². The van der Waals surface area contributed by atoms with Crippen LogP contribution in [0.2, 0.25) is 0 Å². The number of rotatable bonds is 8. The van der Waals surface area contributed by atoms with Gasteiger partial charge in [-0.1, -0.05) is 0 Å². The predicted octanol–water partition coefficient (Wildman–Crippen LogP) is 2.69. The lowest BCUT2D eigenvalue weighted by Gasteiger charge is -2.18. The molecular weight excluding hydrogens is 392 g/mol. The predicted molar refractivity (Wildman–Crippen MR) is 111 cm³/mol. The summed E-state index contributed by atoms with van der Waals surface area (Å²) in [6.45, 7) is 1.01. The van der Waals surface area contributed by atoms with Crippen LogP contribution in [0.4, 0.5) is 5.69 Å². The quantitative estimate of drug-likeness (QED) is 0.616. The fraction of sp³-hybridized carbons (Fsp3) is 0.381. The zero-order valence-corrected chi connectivity index (χ0v) is 17.7. The van der Waals surface area contributed by atoms with Crippen LogP contribution in [0.3, 0.4) is 0 Å². The van der Waals surface area contributed by atoms with E-state index in [9.17, 15) is 13.2 Å². The van der Waals surface area contributed by atoms with E-state index >= 15 is 0 Å². The van der Waals surface area contributed by atoms with Gasteiger partial charge in [0.15, 0.2) is 0 Å². The molecule has 0 aliphatic carbocycles. The van der Waals surface area contributed by atoms with Crippen LogP contribution in [0.15, 0.2) is 47.4 Å². The Bertz CT molecular complexity index is 971. The summed E-state index contributed by atoms with van der Waals surface area (Å²) >= 11 is 0. The minimum atomic E-state index is -3.48. The van der Waals surface area contributed by atoms with Gasteiger partial charge >= 0.3 is 0 Å². The van der Waals surface area contributed by atoms with Crippen molar-refractivity contribution in [1.29, 1.82) is 0 Å². The zero-order valence-electron chi connectivity index (χ0n) is 16.9. The number of amides is 1. The minimum Gasteiger partial charge on any atom is -0.497 e. The Hall–Kier alpha value is -2.58. The van der Waals surface area contributed by atoms with Gasteiger partial charge in [-0.3, -0.25) is 4.79 Å². The van der Waals surface area contributed by atoms with Gasteiger partial charge in [-0.15, -0.1) is 0 Å². The van der Waals surface area contributed by atoms with Gasteiger partial charge in [-0.05, 0) is 60.9 Å². The largest absolute Gasteiger partial charge is 0.497 e. The Morgan fingerprint density at radius 3 is 2.45 bits per heavy atom. The molecule has 2 aromatic rings. The number of carbonyl (C=O) groups excluding carboxylic acids is 1. The Morgan fingerprint density at radius 2 is 1.79 bits per heavy atom. The molecule has 7 nitrogen and oxygen atoms in total. The lowest BCUT2D eigenvalue weighted by molar-refractivity contribution is -0.118. The van der Waals surface area contributed by atoms with Crippen LogP contribution in [0.25, 0.3) is 0 Å². The normalized spacial score (nSPS) is 13.4. The summed E-state index contributed by atoms with van der Waals surface area (Å²) in [5, 5.41) is 0. The zero-order chi connectivity index (χ0) is 21.0. The second kappa shape index (κ2) is 8.84. The Balaban J connectivity index is 1.55. The van der Waals surface area contributed by atoms with Gasteiger partial charge in [0.25, 0.3) is 0 Å². The van der Waals surface area contributed by atoms with E-state index in [1.807, 2.05) is 24.3 Å². The molecule has 1 aliphatic rings. The molecule has 0 atom stereocenters. The van der Waals surface area contributed by atoms with Crippen LogP contribution in [0.5, 0.6) is 11.5 Å². The number of hydrogen-bond acceptors (Lipinski definition) is 5. The van der Waals surface area contributed by atoms with E-state index in [1.165, 1.54) is 18.4 Å². The molecule has 8 heteroatoms. The van der Waals surface area contributed by atoms with E-state index in [1.54, 1.807) is 30.2 Å². The molecule has 1 aliphatic heterocycles. The number of benzene rings is 2. The summed E-state index contributed by atoms with van der Waals surface area (Å²) in [5.74, 6) is 1.52. The highest BCUT2D eigenvalue weighted by Gasteiger charge is 2.27. The van der Waals surface area contributed by atoms with Crippen LogP contribution in [-0.4, -0.2) is 53.0 Å². The number of ether oxygens (including phenoxy) is 2. The number of nitrogens with zero attached hydrogens (tertiary/aromatic N) is 2. The van der Waals surface area contributed by atoms with E-state index in [-0.39, 0.29) is 10.8 Å². The molecule has 0 fully saturated rings. The maximum absolute atomic E-state index is 12.6. The van der Waals surface area contributed by atoms with Gasteiger partial charge in [-0.25, -0.2) is 12.7 Å². The molecule has 0 unspecified atom stereocenters. The molecule has 3 rings (SSSR count). The van der Waals surface area contributed by atoms with Crippen molar-refractivity contribution in [1.82, 2.24) is 4.31 Å². The highest BCUT2D eigenvalue weighted by molar-refractivity contribution is 7.89. The fourth-order valence-corrected chi connectivity index (χ4v) is 4.18. The summed E-state index contributed by atoms with van der Waals surface area (Å²) in [5.41, 5.74) is 1.68. The van der Waals surface area contributed by atoms with Crippen LogP contribution >= 0.6 is 0 Å². The SMILES string of the molecule is COc1ccc(OCCCC(=O)N2CCc3cc(S(=O)(=O)N(C)C)ccc32)cc1. The van der Waals surface area contributed by atoms with Gasteiger partial charge in [-0.2, -0.15) is 0 Å². The summed E-state index contributed by atoms with van der Waals surface area (Å²) in [4.78, 5) is 14.6. The number of fused-ring (bicyclic) bond motifs is 1. The summed E-state index contributed by atoms with van der Waals surface area (Å²) in [6.07, 6.45) is 1.62. The average Bonchev–Trinajstić information content (AvgIpc) is 3.14. The summed E-state index contributed by atoms with van der Waals surface area (Å²) in [7, 11) is 1.14. The standard InChI is InChI=1S/C21H26N2O5S/c1-22(2)29(25,26)19-10-11-20-16(15-19)12-13-23(20)21(24)5-4-14-28-18-8-6-17(27-3)7-9-18/h6-11,15H,4-5,12-14H2,1-3H3. The third-order valence-corrected chi connectivity index (χ3v) is 6.70. The maximum Gasteiger partial charge on any atom is 0.242 e. The molecule has 0 spiro atoms. The first-order chi connectivity index (χ1) is 13.8. The topological polar surface area (TPSA) is 76.1 Å². The maximum atomic E-state index is 12.6. The second-order valence-electron chi connectivity index (χ2n) is 7.00. The van der Waals surface area contributed by atoms with Crippen LogP contribution in [0.1, 0.15) is 18.4 Å². The van der Waals surface area contributed by atoms with Crippen molar-refractivity contribution in [3.05, 3.63) is 48.0 Å². The highest BCUT2D eigenvalue weighted by Crippen LogP contribution is 2.31. The van der Waals surface area contributed by atoms with Crippen molar-refractivity contribution in [3.63, 3.8) is 0 Å². The molecule has 1 heterocycles. The first-order valence-corrected chi connectivity index (χ1v) is 10.9. The van der Waals surface area contributed by atoms with E-state index in [4.69, 9.17) is 9.47 Å². The van der Waals surface area contributed by atoms with Crippen molar-refractivity contribution < 1.29 is 22.7 Å². The van der Waals surface area contributed by atoms with Crippen molar-refractivity contribution in [2.75, 3.05) is 39.3 Å². The average molecular weight is 419 g/mol. The van der Waals surface area contributed by atoms with Gasteiger partial charge in [0.1, 0.15) is 11.5 Å². The minimum absolute atomic E-state index is 0.0188. The lowest BCUT2D eigenvalue weighted by Crippen LogP contribution is -2.29. The third kappa shape index (κ3) is 4.71. The summed E-state index contributed by atoms with van der Waals surface area (Å²) in [6, 6.07) is 12.3. The van der Waals surface area contributed by atoms with E-state index in [0.29, 0.717) is 32.4 Å². The van der Waals surface area contributed by atoms with E-state index in [0.717, 1.165) is 22.7 Å². The van der Waals surface area contributed by atoms with E-state index < -0.39 is 10.0 Å². The molecule has 1 amide bonds. The number of methoxy groups -OCH3 is 1. The number of hydrogen-bond donors (Lipinski definition) is 0. The Labute approximate surface area is 171 Å². The Morgan fingerprint density at radius 1 is 1.10 bits per heavy atom. The van der Waals surface area contributed by atoms with Gasteiger partial charge < -0.3 is 14.4 Å².